The summed E-state index contributed by atoms with van der Waals surface area (Å²) in [5.41, 5.74) is 3.48. The fourth-order valence-electron chi connectivity index (χ4n) is 2.46. The number of fused-ring (bicyclic) bond motifs is 1. The number of nitrogens with one attached hydrogen (secondary N) is 1. The molecule has 1 aliphatic heterocycles. The highest BCUT2D eigenvalue weighted by Gasteiger charge is 2.31. The standard InChI is InChI=1S/C16H17BClNO3S2/c1-21-12-5-2-10(3-6-12)9-24-16(23)19-13-7-4-11-8-22-17(20)14(11)15(13)18/h2-7,16,19-20,23H,8-9H2,1H3. The first kappa shape index (κ1) is 17.8. The van der Waals surface area contributed by atoms with E-state index in [-0.39, 0.29) is 4.71 Å². The average Bonchev–Trinajstić information content (AvgIpc) is 2.98. The minimum Gasteiger partial charge on any atom is -0.497 e. The van der Waals surface area contributed by atoms with Crippen LogP contribution >= 0.6 is 36.0 Å². The van der Waals surface area contributed by atoms with E-state index in [2.05, 4.69) is 17.9 Å². The monoisotopic (exact) mass is 381 g/mol. The van der Waals surface area contributed by atoms with Crippen molar-refractivity contribution in [3.63, 3.8) is 0 Å². The van der Waals surface area contributed by atoms with Crippen molar-refractivity contribution in [1.29, 1.82) is 0 Å². The van der Waals surface area contributed by atoms with E-state index in [4.69, 9.17) is 21.0 Å². The van der Waals surface area contributed by atoms with Crippen LogP contribution in [0.25, 0.3) is 0 Å². The van der Waals surface area contributed by atoms with Crippen LogP contribution in [0.2, 0.25) is 5.02 Å². The third kappa shape index (κ3) is 3.98. The summed E-state index contributed by atoms with van der Waals surface area (Å²) in [4.78, 5) is 0. The maximum absolute atomic E-state index is 9.85. The summed E-state index contributed by atoms with van der Waals surface area (Å²) in [6.07, 6.45) is 0. The second-order valence-electron chi connectivity index (χ2n) is 5.32. The van der Waals surface area contributed by atoms with Gasteiger partial charge in [0, 0.05) is 11.2 Å². The molecule has 126 valence electrons. The molecule has 0 radical (unpaired) electrons. The van der Waals surface area contributed by atoms with E-state index in [1.54, 1.807) is 18.9 Å². The predicted octanol–water partition coefficient (Wildman–Crippen LogP) is 3.12. The molecule has 1 unspecified atom stereocenters. The summed E-state index contributed by atoms with van der Waals surface area (Å²) in [6.45, 7) is 0.382. The van der Waals surface area contributed by atoms with Crippen LogP contribution in [0, 0.1) is 0 Å². The van der Waals surface area contributed by atoms with Crippen LogP contribution in [0.5, 0.6) is 5.75 Å². The fraction of sp³-hybridized carbons (Fsp3) is 0.250. The molecule has 0 amide bonds. The quantitative estimate of drug-likeness (QED) is 0.408. The molecule has 0 saturated carbocycles. The molecule has 0 saturated heterocycles. The number of anilines is 1. The molecule has 1 aliphatic rings. The zero-order valence-electron chi connectivity index (χ0n) is 13.0. The number of hydrogen-bond donors (Lipinski definition) is 3. The maximum Gasteiger partial charge on any atom is 0.493 e. The Kier molecular flexibility index (Phi) is 5.89. The van der Waals surface area contributed by atoms with Crippen LogP contribution in [-0.4, -0.2) is 24.0 Å². The first-order valence-corrected chi connectivity index (χ1v) is 9.33. The minimum absolute atomic E-state index is 0.137. The van der Waals surface area contributed by atoms with Crippen LogP contribution in [0.1, 0.15) is 11.1 Å². The first-order valence-electron chi connectivity index (χ1n) is 7.38. The number of hydrogen-bond acceptors (Lipinski definition) is 6. The van der Waals surface area contributed by atoms with E-state index in [0.29, 0.717) is 17.1 Å². The van der Waals surface area contributed by atoms with Crippen molar-refractivity contribution in [2.24, 2.45) is 0 Å². The van der Waals surface area contributed by atoms with Gasteiger partial charge >= 0.3 is 7.12 Å². The summed E-state index contributed by atoms with van der Waals surface area (Å²) < 4.78 is 10.2. The van der Waals surface area contributed by atoms with Crippen LogP contribution in [0.15, 0.2) is 36.4 Å². The maximum atomic E-state index is 9.85. The molecule has 0 aromatic heterocycles. The summed E-state index contributed by atoms with van der Waals surface area (Å²) in [6, 6.07) is 11.7. The lowest BCUT2D eigenvalue weighted by Crippen LogP contribution is -2.30. The van der Waals surface area contributed by atoms with Crippen molar-refractivity contribution < 1.29 is 14.4 Å². The number of methoxy groups -OCH3 is 1. The van der Waals surface area contributed by atoms with Gasteiger partial charge in [-0.1, -0.05) is 29.8 Å². The second-order valence-corrected chi connectivity index (χ2v) is 7.66. The molecule has 2 aromatic carbocycles. The molecule has 2 aromatic rings. The van der Waals surface area contributed by atoms with Crippen LogP contribution in [0.4, 0.5) is 5.69 Å². The Morgan fingerprint density at radius 1 is 1.38 bits per heavy atom. The number of thioether (sulfide) groups is 1. The van der Waals surface area contributed by atoms with Crippen LogP contribution in [0.3, 0.4) is 0 Å². The average molecular weight is 382 g/mol. The number of ether oxygens (including phenoxy) is 1. The van der Waals surface area contributed by atoms with Gasteiger partial charge in [0.05, 0.1) is 24.4 Å². The van der Waals surface area contributed by atoms with Crippen molar-refractivity contribution in [3.05, 3.63) is 52.5 Å². The van der Waals surface area contributed by atoms with Crippen molar-refractivity contribution in [2.75, 3.05) is 12.4 Å². The summed E-state index contributed by atoms with van der Waals surface area (Å²) in [5.74, 6) is 1.65. The topological polar surface area (TPSA) is 50.7 Å². The summed E-state index contributed by atoms with van der Waals surface area (Å²) in [5, 5.41) is 13.6. The van der Waals surface area contributed by atoms with E-state index in [1.165, 1.54) is 5.56 Å². The van der Waals surface area contributed by atoms with Gasteiger partial charge < -0.3 is 19.7 Å². The second kappa shape index (κ2) is 7.93. The van der Waals surface area contributed by atoms with E-state index in [9.17, 15) is 5.02 Å². The van der Waals surface area contributed by atoms with Gasteiger partial charge in [0.1, 0.15) is 10.5 Å². The Hall–Kier alpha value is -0.985. The number of rotatable bonds is 6. The highest BCUT2D eigenvalue weighted by atomic mass is 35.5. The molecular weight excluding hydrogens is 365 g/mol. The molecule has 0 aliphatic carbocycles. The lowest BCUT2D eigenvalue weighted by molar-refractivity contribution is 0.275. The van der Waals surface area contributed by atoms with Gasteiger partial charge in [-0.15, -0.1) is 24.4 Å². The summed E-state index contributed by atoms with van der Waals surface area (Å²) >= 11 is 12.6. The van der Waals surface area contributed by atoms with E-state index >= 15 is 0 Å². The Bertz CT molecular complexity index is 717. The van der Waals surface area contributed by atoms with E-state index in [0.717, 1.165) is 22.8 Å². The molecular formula is C16H17BClNO3S2. The van der Waals surface area contributed by atoms with Crippen LogP contribution in [-0.2, 0) is 17.0 Å². The van der Waals surface area contributed by atoms with Gasteiger partial charge in [-0.05, 0) is 29.3 Å². The third-order valence-corrected chi connectivity index (χ3v) is 5.68. The van der Waals surface area contributed by atoms with Crippen molar-refractivity contribution in [3.8, 4) is 5.75 Å². The Morgan fingerprint density at radius 2 is 2.12 bits per heavy atom. The SMILES string of the molecule is COc1ccc(CSC(S)Nc2ccc3c(c2Cl)B(O)OC3)cc1. The first-order chi connectivity index (χ1) is 11.6. The fourth-order valence-corrected chi connectivity index (χ4v) is 3.91. The van der Waals surface area contributed by atoms with Gasteiger partial charge in [-0.3, -0.25) is 0 Å². The number of benzene rings is 2. The molecule has 8 heteroatoms. The number of thiol groups is 1. The van der Waals surface area contributed by atoms with Crippen molar-refractivity contribution in [1.82, 2.24) is 0 Å². The normalized spacial score (nSPS) is 14.4. The highest BCUT2D eigenvalue weighted by molar-refractivity contribution is 8.09. The lowest BCUT2D eigenvalue weighted by atomic mass is 9.79. The third-order valence-electron chi connectivity index (χ3n) is 3.76. The van der Waals surface area contributed by atoms with Gasteiger partial charge in [0.15, 0.2) is 0 Å². The highest BCUT2D eigenvalue weighted by Crippen LogP contribution is 2.29. The molecule has 3 rings (SSSR count). The minimum atomic E-state index is -0.959. The smallest absolute Gasteiger partial charge is 0.493 e. The largest absolute Gasteiger partial charge is 0.497 e. The molecule has 2 N–H and O–H groups in total. The van der Waals surface area contributed by atoms with Gasteiger partial charge in [-0.2, -0.15) is 0 Å². The van der Waals surface area contributed by atoms with Gasteiger partial charge in [-0.25, -0.2) is 0 Å². The molecule has 0 bridgehead atoms. The van der Waals surface area contributed by atoms with Crippen LogP contribution < -0.4 is 15.5 Å². The molecule has 0 fully saturated rings. The Labute approximate surface area is 156 Å². The van der Waals surface area contributed by atoms with Crippen molar-refractivity contribution >= 4 is 54.3 Å². The molecule has 24 heavy (non-hydrogen) atoms. The molecule has 4 nitrogen and oxygen atoms in total. The zero-order valence-corrected chi connectivity index (χ0v) is 15.5. The molecule has 0 spiro atoms. The lowest BCUT2D eigenvalue weighted by Gasteiger charge is -2.17. The molecule has 1 atom stereocenters. The summed E-state index contributed by atoms with van der Waals surface area (Å²) in [7, 11) is 0.694. The van der Waals surface area contributed by atoms with E-state index < -0.39 is 7.12 Å². The molecule has 1 heterocycles. The Morgan fingerprint density at radius 3 is 2.83 bits per heavy atom. The Balaban J connectivity index is 1.60. The van der Waals surface area contributed by atoms with Gasteiger partial charge in [0.2, 0.25) is 0 Å². The van der Waals surface area contributed by atoms with E-state index in [1.807, 2.05) is 36.4 Å². The van der Waals surface area contributed by atoms with Crippen molar-refractivity contribution in [2.45, 2.75) is 17.1 Å². The zero-order chi connectivity index (χ0) is 17.1. The predicted molar refractivity (Wildman–Crippen MR) is 105 cm³/mol. The number of halogens is 1. The van der Waals surface area contributed by atoms with Gasteiger partial charge in [0.25, 0.3) is 0 Å².